The Balaban J connectivity index is 2.48. The van der Waals surface area contributed by atoms with Crippen LogP contribution in [0.25, 0.3) is 0 Å². The van der Waals surface area contributed by atoms with Crippen molar-refractivity contribution in [1.29, 1.82) is 5.26 Å². The number of ether oxygens (including phenoxy) is 1. The highest BCUT2D eigenvalue weighted by atomic mass is 16.5. The van der Waals surface area contributed by atoms with E-state index in [9.17, 15) is 5.26 Å². The fourth-order valence-corrected chi connectivity index (χ4v) is 2.17. The topological polar surface area (TPSA) is 45.9 Å². The molecule has 3 nitrogen and oxygen atoms in total. The molecule has 0 aliphatic heterocycles. The zero-order valence-electron chi connectivity index (χ0n) is 12.3. The van der Waals surface area contributed by atoms with Crippen LogP contribution in [0.15, 0.2) is 30.3 Å². The molecule has 20 heavy (non-hydrogen) atoms. The Morgan fingerprint density at radius 3 is 2.55 bits per heavy atom. The summed E-state index contributed by atoms with van der Waals surface area (Å²) in [4.78, 5) is 4.36. The molecule has 2 aromatic rings. The molecule has 0 aliphatic carbocycles. The van der Waals surface area contributed by atoms with Gasteiger partial charge in [-0.05, 0) is 43.0 Å². The minimum atomic E-state index is 0.350. The van der Waals surface area contributed by atoms with Gasteiger partial charge in [-0.1, -0.05) is 32.0 Å². The van der Waals surface area contributed by atoms with Crippen LogP contribution in [0.4, 0.5) is 0 Å². The molecule has 0 amide bonds. The average molecular weight is 266 g/mol. The number of pyridine rings is 1. The molecule has 0 radical (unpaired) electrons. The number of rotatable bonds is 3. The lowest BCUT2D eigenvalue weighted by Crippen LogP contribution is -1.99. The summed E-state index contributed by atoms with van der Waals surface area (Å²) in [5.74, 6) is 1.50. The zero-order valence-corrected chi connectivity index (χ0v) is 12.3. The summed E-state index contributed by atoms with van der Waals surface area (Å²) < 4.78 is 5.92. The Bertz CT molecular complexity index is 669. The first kappa shape index (κ1) is 14.1. The molecule has 1 aromatic heterocycles. The summed E-state index contributed by atoms with van der Waals surface area (Å²) in [5.41, 5.74) is 3.34. The standard InChI is InChI=1S/C17H18N2O/c1-11(2)14-7-5-6-8-16(14)20-17-15(10-18)12(3)9-13(4)19-17/h5-9,11H,1-4H3. The van der Waals surface area contributed by atoms with E-state index >= 15 is 0 Å². The minimum absolute atomic E-state index is 0.350. The Kier molecular flexibility index (Phi) is 4.05. The van der Waals surface area contributed by atoms with Gasteiger partial charge in [0.05, 0.1) is 0 Å². The molecule has 0 spiro atoms. The van der Waals surface area contributed by atoms with E-state index in [1.807, 2.05) is 44.2 Å². The largest absolute Gasteiger partial charge is 0.437 e. The van der Waals surface area contributed by atoms with Gasteiger partial charge in [0.25, 0.3) is 0 Å². The lowest BCUT2D eigenvalue weighted by atomic mass is 10.0. The molecule has 0 aliphatic rings. The molecule has 2 rings (SSSR count). The van der Waals surface area contributed by atoms with Crippen molar-refractivity contribution in [3.05, 3.63) is 52.7 Å². The van der Waals surface area contributed by atoms with Gasteiger partial charge in [0.2, 0.25) is 5.88 Å². The van der Waals surface area contributed by atoms with Crippen molar-refractivity contribution in [3.8, 4) is 17.7 Å². The number of aromatic nitrogens is 1. The average Bonchev–Trinajstić information content (AvgIpc) is 2.38. The Morgan fingerprint density at radius 1 is 1.20 bits per heavy atom. The van der Waals surface area contributed by atoms with E-state index in [2.05, 4.69) is 24.9 Å². The first-order valence-electron chi connectivity index (χ1n) is 6.68. The molecule has 102 valence electrons. The highest BCUT2D eigenvalue weighted by Crippen LogP contribution is 2.31. The summed E-state index contributed by atoms with van der Waals surface area (Å²) in [6, 6.07) is 11.9. The van der Waals surface area contributed by atoms with Gasteiger partial charge in [-0.15, -0.1) is 0 Å². The molecular weight excluding hydrogens is 248 g/mol. The first-order chi connectivity index (χ1) is 9.52. The highest BCUT2D eigenvalue weighted by molar-refractivity contribution is 5.48. The second kappa shape index (κ2) is 5.75. The second-order valence-corrected chi connectivity index (χ2v) is 5.17. The molecule has 0 fully saturated rings. The van der Waals surface area contributed by atoms with E-state index in [4.69, 9.17) is 4.74 Å². The summed E-state index contributed by atoms with van der Waals surface area (Å²) >= 11 is 0. The van der Waals surface area contributed by atoms with Crippen LogP contribution in [-0.4, -0.2) is 4.98 Å². The summed E-state index contributed by atoms with van der Waals surface area (Å²) in [5, 5.41) is 9.28. The quantitative estimate of drug-likeness (QED) is 0.822. The van der Waals surface area contributed by atoms with E-state index in [-0.39, 0.29) is 0 Å². The Hall–Kier alpha value is -2.34. The third-order valence-electron chi connectivity index (χ3n) is 3.17. The maximum absolute atomic E-state index is 9.28. The van der Waals surface area contributed by atoms with Gasteiger partial charge in [0.15, 0.2) is 0 Å². The number of aryl methyl sites for hydroxylation is 2. The normalized spacial score (nSPS) is 10.4. The predicted octanol–water partition coefficient (Wildman–Crippen LogP) is 4.49. The van der Waals surface area contributed by atoms with Gasteiger partial charge in [-0.3, -0.25) is 0 Å². The molecule has 0 atom stereocenters. The molecule has 0 saturated carbocycles. The summed E-state index contributed by atoms with van der Waals surface area (Å²) in [6.07, 6.45) is 0. The van der Waals surface area contributed by atoms with E-state index in [0.717, 1.165) is 22.6 Å². The maximum Gasteiger partial charge on any atom is 0.237 e. The molecule has 3 heteroatoms. The molecule has 0 unspecified atom stereocenters. The van der Waals surface area contributed by atoms with Crippen molar-refractivity contribution in [1.82, 2.24) is 4.98 Å². The van der Waals surface area contributed by atoms with Crippen LogP contribution < -0.4 is 4.74 Å². The van der Waals surface area contributed by atoms with E-state index in [1.165, 1.54) is 0 Å². The highest BCUT2D eigenvalue weighted by Gasteiger charge is 2.14. The van der Waals surface area contributed by atoms with Gasteiger partial charge < -0.3 is 4.74 Å². The number of nitrogens with zero attached hydrogens (tertiary/aromatic N) is 2. The van der Waals surface area contributed by atoms with Crippen molar-refractivity contribution in [3.63, 3.8) is 0 Å². The van der Waals surface area contributed by atoms with Gasteiger partial charge in [0, 0.05) is 5.69 Å². The van der Waals surface area contributed by atoms with Crippen LogP contribution in [0.5, 0.6) is 11.6 Å². The third-order valence-corrected chi connectivity index (χ3v) is 3.17. The molecular formula is C17H18N2O. The summed E-state index contributed by atoms with van der Waals surface area (Å²) in [6.45, 7) is 8.02. The molecule has 1 aromatic carbocycles. The van der Waals surface area contributed by atoms with Gasteiger partial charge >= 0.3 is 0 Å². The van der Waals surface area contributed by atoms with Crippen LogP contribution in [0.3, 0.4) is 0 Å². The number of benzene rings is 1. The second-order valence-electron chi connectivity index (χ2n) is 5.17. The van der Waals surface area contributed by atoms with Crippen LogP contribution in [0.1, 0.15) is 42.1 Å². The third kappa shape index (κ3) is 2.80. The predicted molar refractivity (Wildman–Crippen MR) is 79.0 cm³/mol. The van der Waals surface area contributed by atoms with Crippen molar-refractivity contribution in [2.45, 2.75) is 33.6 Å². The van der Waals surface area contributed by atoms with Crippen molar-refractivity contribution < 1.29 is 4.74 Å². The SMILES string of the molecule is Cc1cc(C)c(C#N)c(Oc2ccccc2C(C)C)n1. The maximum atomic E-state index is 9.28. The molecule has 1 heterocycles. The molecule has 0 saturated heterocycles. The lowest BCUT2D eigenvalue weighted by Gasteiger charge is -2.14. The fraction of sp³-hybridized carbons (Fsp3) is 0.294. The van der Waals surface area contributed by atoms with Crippen LogP contribution in [0, 0.1) is 25.2 Å². The van der Waals surface area contributed by atoms with Crippen molar-refractivity contribution in [2.24, 2.45) is 0 Å². The molecule has 0 bridgehead atoms. The van der Waals surface area contributed by atoms with Crippen LogP contribution in [0.2, 0.25) is 0 Å². The summed E-state index contributed by atoms with van der Waals surface area (Å²) in [7, 11) is 0. The smallest absolute Gasteiger partial charge is 0.237 e. The zero-order chi connectivity index (χ0) is 14.7. The van der Waals surface area contributed by atoms with Crippen LogP contribution >= 0.6 is 0 Å². The Labute approximate surface area is 119 Å². The lowest BCUT2D eigenvalue weighted by molar-refractivity contribution is 0.451. The first-order valence-corrected chi connectivity index (χ1v) is 6.68. The minimum Gasteiger partial charge on any atom is -0.437 e. The molecule has 0 N–H and O–H groups in total. The van der Waals surface area contributed by atoms with E-state index in [0.29, 0.717) is 17.4 Å². The fourth-order valence-electron chi connectivity index (χ4n) is 2.17. The van der Waals surface area contributed by atoms with Gasteiger partial charge in [0.1, 0.15) is 17.4 Å². The number of hydrogen-bond acceptors (Lipinski definition) is 3. The number of para-hydroxylation sites is 1. The number of hydrogen-bond donors (Lipinski definition) is 0. The van der Waals surface area contributed by atoms with Crippen LogP contribution in [-0.2, 0) is 0 Å². The van der Waals surface area contributed by atoms with E-state index in [1.54, 1.807) is 0 Å². The monoisotopic (exact) mass is 266 g/mol. The van der Waals surface area contributed by atoms with Crippen molar-refractivity contribution >= 4 is 0 Å². The Morgan fingerprint density at radius 2 is 1.90 bits per heavy atom. The number of nitriles is 1. The van der Waals surface area contributed by atoms with Gasteiger partial charge in [-0.2, -0.15) is 5.26 Å². The van der Waals surface area contributed by atoms with E-state index < -0.39 is 0 Å². The van der Waals surface area contributed by atoms with Crippen molar-refractivity contribution in [2.75, 3.05) is 0 Å². The van der Waals surface area contributed by atoms with Gasteiger partial charge in [-0.25, -0.2) is 4.98 Å².